The lowest BCUT2D eigenvalue weighted by molar-refractivity contribution is 0.0720. The maximum Gasteiger partial charge on any atom is 0.343 e. The van der Waals surface area contributed by atoms with E-state index in [1.54, 1.807) is 79.9 Å². The molecule has 294 valence electrons. The number of esters is 3. The van der Waals surface area contributed by atoms with Crippen LogP contribution in [0, 0.1) is 0 Å². The molecule has 0 heterocycles. The summed E-state index contributed by atoms with van der Waals surface area (Å²) in [6.07, 6.45) is 1.65. The minimum absolute atomic E-state index is 0.0749. The van der Waals surface area contributed by atoms with Gasteiger partial charge in [-0.25, -0.2) is 14.4 Å². The number of ketones is 1. The predicted molar refractivity (Wildman–Crippen MR) is 224 cm³/mol. The van der Waals surface area contributed by atoms with E-state index in [1.807, 2.05) is 48.5 Å². The van der Waals surface area contributed by atoms with E-state index in [9.17, 15) is 19.2 Å². The predicted octanol–water partition coefficient (Wildman–Crippen LogP) is 11.0. The van der Waals surface area contributed by atoms with Gasteiger partial charge in [-0.15, -0.1) is 0 Å². The second-order valence-electron chi connectivity index (χ2n) is 14.6. The van der Waals surface area contributed by atoms with Crippen LogP contribution in [0.15, 0.2) is 146 Å². The van der Waals surface area contributed by atoms with Gasteiger partial charge in [0.15, 0.2) is 5.78 Å². The lowest BCUT2D eigenvalue weighted by Gasteiger charge is -2.30. The summed E-state index contributed by atoms with van der Waals surface area (Å²) in [6.45, 7) is 10.0. The molecular weight excluding hydrogens is 729 g/mol. The summed E-state index contributed by atoms with van der Waals surface area (Å²) in [4.78, 5) is 50.3. The van der Waals surface area contributed by atoms with Gasteiger partial charge in [0.05, 0.1) is 23.8 Å². The summed E-state index contributed by atoms with van der Waals surface area (Å²) in [7, 11) is 1.65. The second kappa shape index (κ2) is 17.6. The molecule has 0 aromatic heterocycles. The molecule has 8 nitrogen and oxygen atoms in total. The number of hydrogen-bond acceptors (Lipinski definition) is 8. The number of hydrogen-bond donors (Lipinski definition) is 0. The van der Waals surface area contributed by atoms with Gasteiger partial charge >= 0.3 is 17.9 Å². The minimum Gasteiger partial charge on any atom is -0.497 e. The molecule has 0 aliphatic carbocycles. The van der Waals surface area contributed by atoms with Crippen LogP contribution in [-0.2, 0) is 10.8 Å². The molecule has 58 heavy (non-hydrogen) atoms. The van der Waals surface area contributed by atoms with E-state index in [0.29, 0.717) is 33.9 Å². The summed E-state index contributed by atoms with van der Waals surface area (Å²) < 4.78 is 22.2. The molecular formula is C50H46O8. The summed E-state index contributed by atoms with van der Waals surface area (Å²) in [5.74, 6) is 0.322. The molecule has 0 amide bonds. The standard InChI is InChI=1S/C50H46O8/c1-7-49(4,38-17-25-42(55-6)26-18-38)39-19-27-44(28-20-39)57-47(53)36-13-15-37(16-14-36)48(54)58-45-31-23-41(24-32-45)50(5,8-2)40-21-29-43(30-22-40)56-46(52)35-11-9-34(10-12-35)33(3)51/h9-32H,7-8H2,1-6H3. The molecule has 0 aliphatic rings. The molecule has 0 bridgehead atoms. The zero-order chi connectivity index (χ0) is 41.5. The molecule has 2 unspecified atom stereocenters. The lowest BCUT2D eigenvalue weighted by atomic mass is 9.74. The summed E-state index contributed by atoms with van der Waals surface area (Å²) in [6, 6.07) is 42.9. The Bertz CT molecular complexity index is 2380. The van der Waals surface area contributed by atoms with Gasteiger partial charge in [0.25, 0.3) is 0 Å². The van der Waals surface area contributed by atoms with Crippen LogP contribution in [0.4, 0.5) is 0 Å². The minimum atomic E-state index is -0.558. The van der Waals surface area contributed by atoms with Gasteiger partial charge in [0.1, 0.15) is 23.0 Å². The van der Waals surface area contributed by atoms with Gasteiger partial charge in [-0.2, -0.15) is 0 Å². The van der Waals surface area contributed by atoms with E-state index in [4.69, 9.17) is 18.9 Å². The van der Waals surface area contributed by atoms with Crippen molar-refractivity contribution < 1.29 is 38.1 Å². The third-order valence-corrected chi connectivity index (χ3v) is 11.1. The first kappa shape index (κ1) is 40.9. The fourth-order valence-electron chi connectivity index (χ4n) is 6.86. The van der Waals surface area contributed by atoms with Crippen molar-refractivity contribution in [2.24, 2.45) is 0 Å². The van der Waals surface area contributed by atoms with Gasteiger partial charge in [0, 0.05) is 16.4 Å². The second-order valence-corrected chi connectivity index (χ2v) is 14.6. The van der Waals surface area contributed by atoms with Crippen molar-refractivity contribution in [2.75, 3.05) is 7.11 Å². The van der Waals surface area contributed by atoms with Crippen LogP contribution in [-0.4, -0.2) is 30.8 Å². The van der Waals surface area contributed by atoms with Crippen LogP contribution in [0.1, 0.15) is 111 Å². The first-order valence-corrected chi connectivity index (χ1v) is 19.2. The number of rotatable bonds is 14. The maximum atomic E-state index is 13.1. The number of ether oxygens (including phenoxy) is 4. The lowest BCUT2D eigenvalue weighted by Crippen LogP contribution is -2.22. The third kappa shape index (κ3) is 8.92. The summed E-state index contributed by atoms with van der Waals surface area (Å²) in [5.41, 5.74) is 5.14. The molecule has 8 heteroatoms. The zero-order valence-corrected chi connectivity index (χ0v) is 33.5. The molecule has 6 aromatic carbocycles. The number of carbonyl (C=O) groups is 4. The molecule has 0 saturated carbocycles. The van der Waals surface area contributed by atoms with Crippen molar-refractivity contribution in [3.8, 4) is 23.0 Å². The highest BCUT2D eigenvalue weighted by Crippen LogP contribution is 2.38. The van der Waals surface area contributed by atoms with E-state index in [-0.39, 0.29) is 22.2 Å². The molecule has 0 fully saturated rings. The Hall–Kier alpha value is -6.80. The van der Waals surface area contributed by atoms with E-state index < -0.39 is 17.9 Å². The highest BCUT2D eigenvalue weighted by Gasteiger charge is 2.28. The van der Waals surface area contributed by atoms with Crippen LogP contribution in [0.5, 0.6) is 23.0 Å². The van der Waals surface area contributed by atoms with Crippen LogP contribution >= 0.6 is 0 Å². The highest BCUT2D eigenvalue weighted by molar-refractivity contribution is 5.97. The van der Waals surface area contributed by atoms with E-state index in [1.165, 1.54) is 19.1 Å². The Balaban J connectivity index is 1.04. The molecule has 0 radical (unpaired) electrons. The molecule has 0 spiro atoms. The van der Waals surface area contributed by atoms with Gasteiger partial charge < -0.3 is 18.9 Å². The van der Waals surface area contributed by atoms with E-state index in [0.717, 1.165) is 40.8 Å². The normalized spacial score (nSPS) is 13.0. The number of carbonyl (C=O) groups excluding carboxylic acids is 4. The van der Waals surface area contributed by atoms with Crippen LogP contribution in [0.3, 0.4) is 0 Å². The topological polar surface area (TPSA) is 105 Å². The van der Waals surface area contributed by atoms with Crippen LogP contribution in [0.25, 0.3) is 0 Å². The number of benzene rings is 6. The maximum absolute atomic E-state index is 13.1. The van der Waals surface area contributed by atoms with Crippen molar-refractivity contribution in [3.05, 3.63) is 190 Å². The van der Waals surface area contributed by atoms with E-state index >= 15 is 0 Å². The molecule has 0 N–H and O–H groups in total. The Kier molecular flexibility index (Phi) is 12.4. The Morgan fingerprint density at radius 2 is 0.638 bits per heavy atom. The number of Topliss-reactive ketones (excluding diaryl/α,β-unsaturated/α-hetero) is 1. The van der Waals surface area contributed by atoms with Crippen molar-refractivity contribution in [3.63, 3.8) is 0 Å². The monoisotopic (exact) mass is 774 g/mol. The third-order valence-electron chi connectivity index (χ3n) is 11.1. The fraction of sp³-hybridized carbons (Fsp3) is 0.200. The Labute approximate surface area is 339 Å². The molecule has 2 atom stereocenters. The zero-order valence-electron chi connectivity index (χ0n) is 33.5. The SMILES string of the molecule is CCC(C)(c1ccc(OC)cc1)c1ccc(OC(=O)c2ccc(C(=O)Oc3ccc(C(C)(CC)c4ccc(OC(=O)c5ccc(C(C)=O)cc5)cc4)cc3)cc2)cc1. The van der Waals surface area contributed by atoms with E-state index in [2.05, 4.69) is 39.8 Å². The Morgan fingerprint density at radius 3 is 0.862 bits per heavy atom. The fourth-order valence-corrected chi connectivity index (χ4v) is 6.86. The quantitative estimate of drug-likeness (QED) is 0.0612. The molecule has 0 aliphatic heterocycles. The first-order valence-electron chi connectivity index (χ1n) is 19.2. The molecule has 6 rings (SSSR count). The van der Waals surface area contributed by atoms with Gasteiger partial charge in [-0.3, -0.25) is 4.79 Å². The van der Waals surface area contributed by atoms with Crippen LogP contribution in [0.2, 0.25) is 0 Å². The molecule has 0 saturated heterocycles. The van der Waals surface area contributed by atoms with Gasteiger partial charge in [-0.1, -0.05) is 88.4 Å². The number of methoxy groups -OCH3 is 1. The average Bonchev–Trinajstić information content (AvgIpc) is 3.26. The Morgan fingerprint density at radius 1 is 0.397 bits per heavy atom. The first-order chi connectivity index (χ1) is 27.9. The van der Waals surface area contributed by atoms with Crippen molar-refractivity contribution in [1.82, 2.24) is 0 Å². The summed E-state index contributed by atoms with van der Waals surface area (Å²) >= 11 is 0. The van der Waals surface area contributed by atoms with Crippen molar-refractivity contribution in [1.29, 1.82) is 0 Å². The average molecular weight is 775 g/mol. The van der Waals surface area contributed by atoms with Gasteiger partial charge in [-0.05, 0) is 127 Å². The van der Waals surface area contributed by atoms with Gasteiger partial charge in [0.2, 0.25) is 0 Å². The smallest absolute Gasteiger partial charge is 0.343 e. The van der Waals surface area contributed by atoms with Crippen LogP contribution < -0.4 is 18.9 Å². The largest absolute Gasteiger partial charge is 0.497 e. The highest BCUT2D eigenvalue weighted by atomic mass is 16.5. The molecule has 6 aromatic rings. The summed E-state index contributed by atoms with van der Waals surface area (Å²) in [5, 5.41) is 0. The van der Waals surface area contributed by atoms with Crippen molar-refractivity contribution >= 4 is 23.7 Å². The van der Waals surface area contributed by atoms with Crippen molar-refractivity contribution in [2.45, 2.75) is 58.3 Å².